The summed E-state index contributed by atoms with van der Waals surface area (Å²) in [5.74, 6) is 0.896. The number of rotatable bonds is 8. The third-order valence-electron chi connectivity index (χ3n) is 3.08. The fraction of sp³-hybridized carbons (Fsp3) is 0.375. The molecular formula is C16H20N2O4S. The average Bonchev–Trinajstić information content (AvgIpc) is 3.06. The number of methoxy groups -OCH3 is 2. The molecule has 124 valence electrons. The van der Waals surface area contributed by atoms with Crippen LogP contribution >= 0.6 is 11.3 Å². The van der Waals surface area contributed by atoms with E-state index in [0.29, 0.717) is 30.3 Å². The number of hydrogen-bond acceptors (Lipinski definition) is 6. The number of hydrogen-bond donors (Lipinski definition) is 1. The SMILES string of the molecule is COC[C@@H](C)NC(=O)c1ccc(OCc2cscn2)c(OC)c1. The summed E-state index contributed by atoms with van der Waals surface area (Å²) in [5, 5.41) is 4.78. The molecule has 0 unspecified atom stereocenters. The highest BCUT2D eigenvalue weighted by Gasteiger charge is 2.13. The number of carbonyl (C=O) groups is 1. The van der Waals surface area contributed by atoms with Gasteiger partial charge in [-0.1, -0.05) is 0 Å². The van der Waals surface area contributed by atoms with E-state index in [9.17, 15) is 4.79 Å². The summed E-state index contributed by atoms with van der Waals surface area (Å²) in [6.45, 7) is 2.69. The molecule has 0 saturated carbocycles. The fourth-order valence-electron chi connectivity index (χ4n) is 1.99. The number of aromatic nitrogens is 1. The Balaban J connectivity index is 2.04. The van der Waals surface area contributed by atoms with E-state index in [1.807, 2.05) is 12.3 Å². The van der Waals surface area contributed by atoms with Gasteiger partial charge in [0.25, 0.3) is 5.91 Å². The Bertz CT molecular complexity index is 631. The molecule has 1 amide bonds. The molecule has 1 heterocycles. The van der Waals surface area contributed by atoms with Crippen LogP contribution in [0.4, 0.5) is 0 Å². The Morgan fingerprint density at radius 3 is 2.83 bits per heavy atom. The molecule has 0 aliphatic heterocycles. The van der Waals surface area contributed by atoms with Crippen molar-refractivity contribution in [1.29, 1.82) is 0 Å². The third kappa shape index (κ3) is 4.94. The highest BCUT2D eigenvalue weighted by Crippen LogP contribution is 2.28. The van der Waals surface area contributed by atoms with Gasteiger partial charge in [0.15, 0.2) is 11.5 Å². The lowest BCUT2D eigenvalue weighted by Gasteiger charge is -2.14. The molecule has 23 heavy (non-hydrogen) atoms. The smallest absolute Gasteiger partial charge is 0.251 e. The molecule has 1 aromatic heterocycles. The Morgan fingerprint density at radius 2 is 2.17 bits per heavy atom. The minimum atomic E-state index is -0.182. The number of thiazole rings is 1. The number of ether oxygens (including phenoxy) is 3. The number of benzene rings is 1. The van der Waals surface area contributed by atoms with Crippen LogP contribution in [0.5, 0.6) is 11.5 Å². The minimum Gasteiger partial charge on any atom is -0.493 e. The van der Waals surface area contributed by atoms with Gasteiger partial charge in [0.2, 0.25) is 0 Å². The molecule has 6 nitrogen and oxygen atoms in total. The van der Waals surface area contributed by atoms with E-state index in [2.05, 4.69) is 10.3 Å². The van der Waals surface area contributed by atoms with Gasteiger partial charge in [0, 0.05) is 24.1 Å². The van der Waals surface area contributed by atoms with Crippen LogP contribution in [0.1, 0.15) is 23.0 Å². The van der Waals surface area contributed by atoms with Crippen molar-refractivity contribution < 1.29 is 19.0 Å². The molecule has 0 radical (unpaired) electrons. The number of carbonyl (C=O) groups excluding carboxylic acids is 1. The highest BCUT2D eigenvalue weighted by molar-refractivity contribution is 7.07. The monoisotopic (exact) mass is 336 g/mol. The number of nitrogens with one attached hydrogen (secondary N) is 1. The highest BCUT2D eigenvalue weighted by atomic mass is 32.1. The molecule has 0 spiro atoms. The first-order valence-electron chi connectivity index (χ1n) is 7.11. The maximum absolute atomic E-state index is 12.2. The van der Waals surface area contributed by atoms with E-state index in [4.69, 9.17) is 14.2 Å². The minimum absolute atomic E-state index is 0.0703. The van der Waals surface area contributed by atoms with Crippen LogP contribution in [-0.2, 0) is 11.3 Å². The predicted molar refractivity (Wildman–Crippen MR) is 88.2 cm³/mol. The van der Waals surface area contributed by atoms with E-state index in [1.54, 1.807) is 37.9 Å². The molecule has 0 saturated heterocycles. The van der Waals surface area contributed by atoms with Crippen molar-refractivity contribution in [2.75, 3.05) is 20.8 Å². The van der Waals surface area contributed by atoms with Crippen molar-refractivity contribution >= 4 is 17.2 Å². The van der Waals surface area contributed by atoms with Crippen molar-refractivity contribution in [1.82, 2.24) is 10.3 Å². The maximum atomic E-state index is 12.2. The standard InChI is InChI=1S/C16H20N2O4S/c1-11(7-20-2)18-16(19)12-4-5-14(15(6-12)21-3)22-8-13-9-23-10-17-13/h4-6,9-11H,7-8H2,1-3H3,(H,18,19)/t11-/m1/s1. The van der Waals surface area contributed by atoms with E-state index in [-0.39, 0.29) is 11.9 Å². The van der Waals surface area contributed by atoms with Crippen LogP contribution in [0.25, 0.3) is 0 Å². The number of amides is 1. The van der Waals surface area contributed by atoms with E-state index in [0.717, 1.165) is 5.69 Å². The lowest BCUT2D eigenvalue weighted by molar-refractivity contribution is 0.0905. The summed E-state index contributed by atoms with van der Waals surface area (Å²) < 4.78 is 16.0. The van der Waals surface area contributed by atoms with Crippen molar-refractivity contribution in [2.24, 2.45) is 0 Å². The Kier molecular flexibility index (Phi) is 6.37. The molecule has 2 aromatic rings. The summed E-state index contributed by atoms with van der Waals surface area (Å²) in [4.78, 5) is 16.3. The van der Waals surface area contributed by atoms with Crippen molar-refractivity contribution in [2.45, 2.75) is 19.6 Å². The fourth-order valence-corrected chi connectivity index (χ4v) is 2.53. The second-order valence-electron chi connectivity index (χ2n) is 4.96. The van der Waals surface area contributed by atoms with Gasteiger partial charge in [-0.25, -0.2) is 4.98 Å². The zero-order chi connectivity index (χ0) is 16.7. The Hall–Kier alpha value is -2.12. The molecular weight excluding hydrogens is 316 g/mol. The van der Waals surface area contributed by atoms with Gasteiger partial charge in [-0.3, -0.25) is 4.79 Å². The number of nitrogens with zero attached hydrogens (tertiary/aromatic N) is 1. The summed E-state index contributed by atoms with van der Waals surface area (Å²) in [6.07, 6.45) is 0. The zero-order valence-electron chi connectivity index (χ0n) is 13.4. The van der Waals surface area contributed by atoms with Gasteiger partial charge in [-0.2, -0.15) is 0 Å². The molecule has 7 heteroatoms. The third-order valence-corrected chi connectivity index (χ3v) is 3.71. The molecule has 0 fully saturated rings. The van der Waals surface area contributed by atoms with E-state index < -0.39 is 0 Å². The first kappa shape index (κ1) is 17.2. The molecule has 0 aliphatic rings. The van der Waals surface area contributed by atoms with Crippen LogP contribution < -0.4 is 14.8 Å². The largest absolute Gasteiger partial charge is 0.493 e. The molecule has 0 aliphatic carbocycles. The van der Waals surface area contributed by atoms with Gasteiger partial charge in [0.1, 0.15) is 6.61 Å². The molecule has 2 rings (SSSR count). The van der Waals surface area contributed by atoms with Crippen LogP contribution in [0.2, 0.25) is 0 Å². The lowest BCUT2D eigenvalue weighted by Crippen LogP contribution is -2.35. The topological polar surface area (TPSA) is 69.7 Å². The van der Waals surface area contributed by atoms with Gasteiger partial charge >= 0.3 is 0 Å². The summed E-state index contributed by atoms with van der Waals surface area (Å²) in [6, 6.07) is 5.01. The maximum Gasteiger partial charge on any atom is 0.251 e. The second-order valence-corrected chi connectivity index (χ2v) is 5.68. The zero-order valence-corrected chi connectivity index (χ0v) is 14.2. The molecule has 0 bridgehead atoms. The molecule has 1 aromatic carbocycles. The van der Waals surface area contributed by atoms with Crippen LogP contribution in [0, 0.1) is 0 Å². The van der Waals surface area contributed by atoms with Crippen molar-refractivity contribution in [3.8, 4) is 11.5 Å². The van der Waals surface area contributed by atoms with Gasteiger partial charge < -0.3 is 19.5 Å². The molecule has 1 N–H and O–H groups in total. The predicted octanol–water partition coefficient (Wildman–Crippen LogP) is 2.50. The van der Waals surface area contributed by atoms with E-state index in [1.165, 1.54) is 11.3 Å². The second kappa shape index (κ2) is 8.50. The summed E-state index contributed by atoms with van der Waals surface area (Å²) in [5.41, 5.74) is 3.11. The lowest BCUT2D eigenvalue weighted by atomic mass is 10.1. The molecule has 1 atom stereocenters. The van der Waals surface area contributed by atoms with Crippen LogP contribution in [0.15, 0.2) is 29.1 Å². The van der Waals surface area contributed by atoms with Gasteiger partial charge in [-0.05, 0) is 25.1 Å². The van der Waals surface area contributed by atoms with E-state index >= 15 is 0 Å². The van der Waals surface area contributed by atoms with Crippen LogP contribution in [-0.4, -0.2) is 37.8 Å². The average molecular weight is 336 g/mol. The van der Waals surface area contributed by atoms with Crippen LogP contribution in [0.3, 0.4) is 0 Å². The van der Waals surface area contributed by atoms with Crippen molar-refractivity contribution in [3.63, 3.8) is 0 Å². The van der Waals surface area contributed by atoms with Gasteiger partial charge in [-0.15, -0.1) is 11.3 Å². The summed E-state index contributed by atoms with van der Waals surface area (Å²) in [7, 11) is 3.14. The van der Waals surface area contributed by atoms with Gasteiger partial charge in [0.05, 0.1) is 24.9 Å². The first-order chi connectivity index (χ1) is 11.1. The Morgan fingerprint density at radius 1 is 1.35 bits per heavy atom. The van der Waals surface area contributed by atoms with Crippen molar-refractivity contribution in [3.05, 3.63) is 40.3 Å². The Labute approximate surface area is 139 Å². The first-order valence-corrected chi connectivity index (χ1v) is 8.06. The quantitative estimate of drug-likeness (QED) is 0.802. The normalized spacial score (nSPS) is 11.8. The summed E-state index contributed by atoms with van der Waals surface area (Å²) >= 11 is 1.52.